The summed E-state index contributed by atoms with van der Waals surface area (Å²) in [6.45, 7) is 8.39. The molecule has 0 aromatic heterocycles. The van der Waals surface area contributed by atoms with Gasteiger partial charge in [0.15, 0.2) is 0 Å². The second kappa shape index (κ2) is 8.34. The van der Waals surface area contributed by atoms with Crippen LogP contribution in [-0.4, -0.2) is 37.2 Å². The molecule has 1 fully saturated rings. The van der Waals surface area contributed by atoms with E-state index in [9.17, 15) is 9.59 Å². The monoisotopic (exact) mass is 348 g/mol. The Balaban J connectivity index is 1.87. The Morgan fingerprint density at radius 3 is 2.76 bits per heavy atom. The minimum absolute atomic E-state index is 0.144. The molecule has 0 spiro atoms. The lowest BCUT2D eigenvalue weighted by atomic mass is 9.95. The van der Waals surface area contributed by atoms with Crippen LogP contribution in [0.1, 0.15) is 40.5 Å². The van der Waals surface area contributed by atoms with Crippen molar-refractivity contribution in [3.05, 3.63) is 24.3 Å². The first kappa shape index (κ1) is 19.2. The number of hydrogen-bond donors (Lipinski definition) is 2. The highest BCUT2D eigenvalue weighted by Gasteiger charge is 2.25. The van der Waals surface area contributed by atoms with Gasteiger partial charge < -0.3 is 20.1 Å². The normalized spacial score (nSPS) is 18.5. The molecule has 1 aliphatic rings. The van der Waals surface area contributed by atoms with Gasteiger partial charge in [-0.25, -0.2) is 0 Å². The van der Waals surface area contributed by atoms with Gasteiger partial charge in [0, 0.05) is 23.8 Å². The van der Waals surface area contributed by atoms with Crippen LogP contribution in [0, 0.1) is 5.41 Å². The van der Waals surface area contributed by atoms with Crippen molar-refractivity contribution in [3.63, 3.8) is 0 Å². The van der Waals surface area contributed by atoms with Gasteiger partial charge in [-0.05, 0) is 31.9 Å². The van der Waals surface area contributed by atoms with Crippen LogP contribution in [0.4, 0.5) is 5.69 Å². The maximum Gasteiger partial charge on any atom is 0.246 e. The third-order valence-corrected chi connectivity index (χ3v) is 3.98. The summed E-state index contributed by atoms with van der Waals surface area (Å²) in [6.07, 6.45) is 2.23. The zero-order valence-electron chi connectivity index (χ0n) is 15.4. The molecule has 0 bridgehead atoms. The Hall–Kier alpha value is -2.08. The molecule has 1 heterocycles. The van der Waals surface area contributed by atoms with Crippen LogP contribution in [0.5, 0.6) is 5.75 Å². The van der Waals surface area contributed by atoms with Crippen LogP contribution in [-0.2, 0) is 14.3 Å². The lowest BCUT2D eigenvalue weighted by molar-refractivity contribution is -0.131. The van der Waals surface area contributed by atoms with E-state index in [1.807, 2.05) is 32.9 Å². The van der Waals surface area contributed by atoms with E-state index in [1.54, 1.807) is 19.1 Å². The van der Waals surface area contributed by atoms with Crippen LogP contribution >= 0.6 is 0 Å². The summed E-state index contributed by atoms with van der Waals surface area (Å²) in [7, 11) is 0. The van der Waals surface area contributed by atoms with Crippen molar-refractivity contribution in [3.8, 4) is 5.75 Å². The van der Waals surface area contributed by atoms with E-state index in [0.29, 0.717) is 18.0 Å². The molecule has 0 aliphatic carbocycles. The van der Waals surface area contributed by atoms with E-state index < -0.39 is 11.5 Å². The Labute approximate surface area is 149 Å². The molecule has 6 heteroatoms. The molecule has 1 aromatic carbocycles. The SMILES string of the molecule is CC(NC(=O)C(C)(C)C)C(=O)Nc1cccc(OCC2CCCO2)c1. The minimum atomic E-state index is -0.622. The van der Waals surface area contributed by atoms with Gasteiger partial charge >= 0.3 is 0 Å². The van der Waals surface area contributed by atoms with Gasteiger partial charge in [0.25, 0.3) is 0 Å². The van der Waals surface area contributed by atoms with Crippen molar-refractivity contribution >= 4 is 17.5 Å². The van der Waals surface area contributed by atoms with Crippen LogP contribution < -0.4 is 15.4 Å². The number of amides is 2. The van der Waals surface area contributed by atoms with Crippen LogP contribution in [0.2, 0.25) is 0 Å². The summed E-state index contributed by atoms with van der Waals surface area (Å²) in [6, 6.07) is 6.59. The maximum absolute atomic E-state index is 12.3. The molecule has 0 saturated carbocycles. The lowest BCUT2D eigenvalue weighted by Gasteiger charge is -2.21. The summed E-state index contributed by atoms with van der Waals surface area (Å²) >= 11 is 0. The van der Waals surface area contributed by atoms with Gasteiger partial charge in [-0.15, -0.1) is 0 Å². The molecule has 2 N–H and O–H groups in total. The molecule has 138 valence electrons. The first-order valence-corrected chi connectivity index (χ1v) is 8.72. The largest absolute Gasteiger partial charge is 0.491 e. The predicted molar refractivity (Wildman–Crippen MR) is 96.6 cm³/mol. The summed E-state index contributed by atoms with van der Waals surface area (Å²) < 4.78 is 11.3. The van der Waals surface area contributed by atoms with Crippen molar-refractivity contribution in [2.45, 2.75) is 52.7 Å². The van der Waals surface area contributed by atoms with E-state index in [4.69, 9.17) is 9.47 Å². The van der Waals surface area contributed by atoms with Crippen molar-refractivity contribution in [1.82, 2.24) is 5.32 Å². The molecule has 2 atom stereocenters. The highest BCUT2D eigenvalue weighted by Crippen LogP contribution is 2.20. The molecular weight excluding hydrogens is 320 g/mol. The molecule has 1 saturated heterocycles. The summed E-state index contributed by atoms with van der Waals surface area (Å²) in [5.41, 5.74) is 0.0941. The van der Waals surface area contributed by atoms with Crippen LogP contribution in [0.25, 0.3) is 0 Å². The minimum Gasteiger partial charge on any atom is -0.491 e. The van der Waals surface area contributed by atoms with Gasteiger partial charge in [-0.3, -0.25) is 9.59 Å². The number of ether oxygens (including phenoxy) is 2. The fraction of sp³-hybridized carbons (Fsp3) is 0.579. The number of carbonyl (C=O) groups excluding carboxylic acids is 2. The van der Waals surface area contributed by atoms with Crippen LogP contribution in [0.15, 0.2) is 24.3 Å². The van der Waals surface area contributed by atoms with Crippen molar-refractivity contribution in [2.75, 3.05) is 18.5 Å². The third kappa shape index (κ3) is 6.05. The van der Waals surface area contributed by atoms with Crippen molar-refractivity contribution in [2.24, 2.45) is 5.41 Å². The van der Waals surface area contributed by atoms with Crippen LogP contribution in [0.3, 0.4) is 0 Å². The van der Waals surface area contributed by atoms with E-state index in [2.05, 4.69) is 10.6 Å². The van der Waals surface area contributed by atoms with Gasteiger partial charge in [0.05, 0.1) is 6.10 Å². The van der Waals surface area contributed by atoms with Crippen molar-refractivity contribution in [1.29, 1.82) is 0 Å². The number of nitrogens with one attached hydrogen (secondary N) is 2. The maximum atomic E-state index is 12.3. The average molecular weight is 348 g/mol. The molecule has 2 unspecified atom stereocenters. The van der Waals surface area contributed by atoms with E-state index in [0.717, 1.165) is 19.4 Å². The van der Waals surface area contributed by atoms with Gasteiger partial charge in [0.2, 0.25) is 11.8 Å². The average Bonchev–Trinajstić information content (AvgIpc) is 3.05. The molecule has 1 aromatic rings. The predicted octanol–water partition coefficient (Wildman–Crippen LogP) is 2.73. The number of anilines is 1. The second-order valence-electron chi connectivity index (χ2n) is 7.41. The molecular formula is C19H28N2O4. The zero-order valence-corrected chi connectivity index (χ0v) is 15.4. The Bertz CT molecular complexity index is 604. The highest BCUT2D eigenvalue weighted by molar-refractivity contribution is 5.97. The molecule has 6 nitrogen and oxygen atoms in total. The van der Waals surface area contributed by atoms with E-state index >= 15 is 0 Å². The van der Waals surface area contributed by atoms with E-state index in [1.165, 1.54) is 0 Å². The van der Waals surface area contributed by atoms with E-state index in [-0.39, 0.29) is 17.9 Å². The smallest absolute Gasteiger partial charge is 0.246 e. The highest BCUT2D eigenvalue weighted by atomic mass is 16.5. The Kier molecular flexibility index (Phi) is 6.42. The molecule has 2 rings (SSSR count). The summed E-state index contributed by atoms with van der Waals surface area (Å²) in [4.78, 5) is 24.2. The standard InChI is InChI=1S/C19H28N2O4/c1-13(20-18(23)19(2,3)4)17(22)21-14-7-5-8-15(11-14)25-12-16-9-6-10-24-16/h5,7-8,11,13,16H,6,9-10,12H2,1-4H3,(H,20,23)(H,21,22). The number of hydrogen-bond acceptors (Lipinski definition) is 4. The summed E-state index contributed by atoms with van der Waals surface area (Å²) in [5, 5.41) is 5.52. The third-order valence-electron chi connectivity index (χ3n) is 3.98. The molecule has 2 amide bonds. The quantitative estimate of drug-likeness (QED) is 0.829. The molecule has 1 aliphatic heterocycles. The Morgan fingerprint density at radius 1 is 1.36 bits per heavy atom. The second-order valence-corrected chi connectivity index (χ2v) is 7.41. The first-order chi connectivity index (χ1) is 11.8. The fourth-order valence-electron chi connectivity index (χ4n) is 2.36. The molecule has 25 heavy (non-hydrogen) atoms. The number of benzene rings is 1. The fourth-order valence-corrected chi connectivity index (χ4v) is 2.36. The lowest BCUT2D eigenvalue weighted by Crippen LogP contribution is -2.46. The van der Waals surface area contributed by atoms with Crippen molar-refractivity contribution < 1.29 is 19.1 Å². The topological polar surface area (TPSA) is 76.7 Å². The first-order valence-electron chi connectivity index (χ1n) is 8.72. The summed E-state index contributed by atoms with van der Waals surface area (Å²) in [5.74, 6) is 0.248. The Morgan fingerprint density at radius 2 is 2.12 bits per heavy atom. The van der Waals surface area contributed by atoms with Gasteiger partial charge in [0.1, 0.15) is 18.4 Å². The zero-order chi connectivity index (χ0) is 18.4. The molecule has 0 radical (unpaired) electrons. The van der Waals surface area contributed by atoms with Gasteiger partial charge in [-0.1, -0.05) is 26.8 Å². The number of carbonyl (C=O) groups is 2. The number of rotatable bonds is 6. The van der Waals surface area contributed by atoms with Gasteiger partial charge in [-0.2, -0.15) is 0 Å².